The molecule has 0 unspecified atom stereocenters. The molecule has 0 atom stereocenters. The Morgan fingerprint density at radius 3 is 2.83 bits per heavy atom. The van der Waals surface area contributed by atoms with Gasteiger partial charge in [0.05, 0.1) is 11.3 Å². The van der Waals surface area contributed by atoms with Crippen LogP contribution in [0.5, 0.6) is 0 Å². The lowest BCUT2D eigenvalue weighted by atomic mass is 10.0. The fourth-order valence-electron chi connectivity index (χ4n) is 3.19. The number of carbonyl (C=O) groups is 2. The van der Waals surface area contributed by atoms with Crippen molar-refractivity contribution in [3.8, 4) is 16.8 Å². The molecule has 8 heteroatoms. The number of rotatable bonds is 4. The van der Waals surface area contributed by atoms with Gasteiger partial charge in [-0.3, -0.25) is 9.59 Å². The highest BCUT2D eigenvalue weighted by Gasteiger charge is 2.17. The summed E-state index contributed by atoms with van der Waals surface area (Å²) in [5, 5.41) is 13.2. The Bertz CT molecular complexity index is 1120. The minimum Gasteiger partial charge on any atom is -0.383 e. The van der Waals surface area contributed by atoms with Crippen LogP contribution in [0.1, 0.15) is 10.4 Å². The van der Waals surface area contributed by atoms with Crippen LogP contribution in [0.25, 0.3) is 16.8 Å². The number of amides is 2. The second-order valence-corrected chi connectivity index (χ2v) is 6.56. The van der Waals surface area contributed by atoms with E-state index in [9.17, 15) is 9.59 Å². The maximum Gasteiger partial charge on any atom is 0.253 e. The molecule has 2 heterocycles. The van der Waals surface area contributed by atoms with Gasteiger partial charge in [-0.15, -0.1) is 0 Å². The van der Waals surface area contributed by atoms with Gasteiger partial charge in [-0.1, -0.05) is 18.7 Å². The number of hydrogen-bond donors (Lipinski definition) is 4. The van der Waals surface area contributed by atoms with Crippen molar-refractivity contribution in [3.63, 3.8) is 0 Å². The largest absolute Gasteiger partial charge is 0.383 e. The first-order valence-electron chi connectivity index (χ1n) is 9.10. The second-order valence-electron chi connectivity index (χ2n) is 6.56. The molecule has 0 saturated heterocycles. The van der Waals surface area contributed by atoms with E-state index in [0.29, 0.717) is 30.2 Å². The molecule has 2 aromatic carbocycles. The van der Waals surface area contributed by atoms with E-state index in [1.54, 1.807) is 22.9 Å². The zero-order valence-electron chi connectivity index (χ0n) is 15.6. The van der Waals surface area contributed by atoms with E-state index < -0.39 is 0 Å². The molecule has 29 heavy (non-hydrogen) atoms. The molecule has 0 saturated carbocycles. The molecule has 1 aliphatic heterocycles. The van der Waals surface area contributed by atoms with Crippen LogP contribution in [0.2, 0.25) is 0 Å². The van der Waals surface area contributed by atoms with Gasteiger partial charge < -0.3 is 21.7 Å². The molecular formula is C21H20N6O2. The van der Waals surface area contributed by atoms with Crippen LogP contribution in [0, 0.1) is 0 Å². The summed E-state index contributed by atoms with van der Waals surface area (Å²) in [6.07, 6.45) is 3.03. The summed E-state index contributed by atoms with van der Waals surface area (Å²) in [7, 11) is 0. The van der Waals surface area contributed by atoms with E-state index in [-0.39, 0.29) is 11.8 Å². The van der Waals surface area contributed by atoms with Crippen LogP contribution >= 0.6 is 0 Å². The smallest absolute Gasteiger partial charge is 0.253 e. The predicted molar refractivity (Wildman–Crippen MR) is 113 cm³/mol. The summed E-state index contributed by atoms with van der Waals surface area (Å²) in [5.41, 5.74) is 10.5. The predicted octanol–water partition coefficient (Wildman–Crippen LogP) is 2.40. The Morgan fingerprint density at radius 2 is 2.00 bits per heavy atom. The van der Waals surface area contributed by atoms with Crippen molar-refractivity contribution in [1.29, 1.82) is 0 Å². The molecule has 3 aromatic rings. The molecular weight excluding hydrogens is 368 g/mol. The quantitative estimate of drug-likeness (QED) is 0.513. The van der Waals surface area contributed by atoms with Gasteiger partial charge in [0.15, 0.2) is 5.82 Å². The Kier molecular flexibility index (Phi) is 4.74. The minimum absolute atomic E-state index is 0.0985. The number of nitrogens with two attached hydrogens (primary N) is 1. The van der Waals surface area contributed by atoms with Crippen LogP contribution < -0.4 is 21.7 Å². The van der Waals surface area contributed by atoms with Crippen molar-refractivity contribution in [1.82, 2.24) is 15.1 Å². The Labute approximate surface area is 167 Å². The minimum atomic E-state index is -0.288. The van der Waals surface area contributed by atoms with E-state index in [4.69, 9.17) is 5.73 Å². The first-order valence-corrected chi connectivity index (χ1v) is 9.10. The fourth-order valence-corrected chi connectivity index (χ4v) is 3.19. The monoisotopic (exact) mass is 388 g/mol. The van der Waals surface area contributed by atoms with Crippen molar-refractivity contribution < 1.29 is 9.59 Å². The number of hydrogen-bond acceptors (Lipinski definition) is 5. The molecule has 8 nitrogen and oxygen atoms in total. The number of benzene rings is 2. The molecule has 0 fully saturated rings. The van der Waals surface area contributed by atoms with Crippen LogP contribution in [-0.4, -0.2) is 34.7 Å². The van der Waals surface area contributed by atoms with E-state index in [1.807, 2.05) is 30.5 Å². The van der Waals surface area contributed by atoms with Gasteiger partial charge in [-0.05, 0) is 42.0 Å². The average molecular weight is 388 g/mol. The van der Waals surface area contributed by atoms with Crippen molar-refractivity contribution >= 4 is 29.0 Å². The number of aromatic nitrogens is 2. The van der Waals surface area contributed by atoms with Crippen molar-refractivity contribution in [2.45, 2.75) is 0 Å². The first-order chi connectivity index (χ1) is 14.0. The second kappa shape index (κ2) is 7.51. The maximum absolute atomic E-state index is 12.1. The summed E-state index contributed by atoms with van der Waals surface area (Å²) in [5.74, 6) is -0.0218. The lowest BCUT2D eigenvalue weighted by Crippen LogP contribution is -2.24. The summed E-state index contributed by atoms with van der Waals surface area (Å²) in [4.78, 5) is 23.6. The molecule has 0 aliphatic carbocycles. The average Bonchev–Trinajstić information content (AvgIpc) is 3.02. The van der Waals surface area contributed by atoms with E-state index in [2.05, 4.69) is 27.6 Å². The van der Waals surface area contributed by atoms with Crippen LogP contribution in [0.15, 0.2) is 61.3 Å². The van der Waals surface area contributed by atoms with E-state index in [0.717, 1.165) is 22.5 Å². The summed E-state index contributed by atoms with van der Waals surface area (Å²) < 4.78 is 1.65. The van der Waals surface area contributed by atoms with Gasteiger partial charge >= 0.3 is 0 Å². The molecule has 1 aromatic heterocycles. The van der Waals surface area contributed by atoms with Gasteiger partial charge in [-0.25, -0.2) is 4.68 Å². The lowest BCUT2D eigenvalue weighted by Gasteiger charge is -2.08. The van der Waals surface area contributed by atoms with Crippen molar-refractivity contribution in [2.24, 2.45) is 0 Å². The first kappa shape index (κ1) is 18.3. The van der Waals surface area contributed by atoms with Gasteiger partial charge in [0, 0.05) is 36.2 Å². The highest BCUT2D eigenvalue weighted by molar-refractivity contribution is 6.01. The van der Waals surface area contributed by atoms with Crippen molar-refractivity contribution in [3.05, 3.63) is 66.9 Å². The Hall–Kier alpha value is -4.07. The molecule has 0 bridgehead atoms. The highest BCUT2D eigenvalue weighted by atomic mass is 16.2. The zero-order chi connectivity index (χ0) is 20.4. The van der Waals surface area contributed by atoms with E-state index in [1.165, 1.54) is 6.08 Å². The third kappa shape index (κ3) is 3.68. The highest BCUT2D eigenvalue weighted by Crippen LogP contribution is 2.31. The zero-order valence-corrected chi connectivity index (χ0v) is 15.6. The summed E-state index contributed by atoms with van der Waals surface area (Å²) in [6, 6.07) is 12.8. The SMILES string of the molecule is C=CC(=O)Nc1cccc(-n2cc(-c3ccc4c(c3)NCCNC4=O)c(N)n2)c1. The number of nitrogen functional groups attached to an aromatic ring is 1. The third-order valence-corrected chi connectivity index (χ3v) is 4.61. The van der Waals surface area contributed by atoms with Crippen molar-refractivity contribution in [2.75, 3.05) is 29.5 Å². The molecule has 0 spiro atoms. The van der Waals surface area contributed by atoms with Gasteiger partial charge in [0.25, 0.3) is 5.91 Å². The lowest BCUT2D eigenvalue weighted by molar-refractivity contribution is -0.111. The maximum atomic E-state index is 12.1. The molecule has 2 amide bonds. The van der Waals surface area contributed by atoms with Crippen LogP contribution in [-0.2, 0) is 4.79 Å². The molecule has 1 aliphatic rings. The number of nitrogens with zero attached hydrogens (tertiary/aromatic N) is 2. The van der Waals surface area contributed by atoms with Crippen LogP contribution in [0.4, 0.5) is 17.2 Å². The molecule has 146 valence electrons. The number of anilines is 3. The topological polar surface area (TPSA) is 114 Å². The summed E-state index contributed by atoms with van der Waals surface area (Å²) in [6.45, 7) is 4.67. The van der Waals surface area contributed by atoms with Gasteiger partial charge in [-0.2, -0.15) is 5.10 Å². The fraction of sp³-hybridized carbons (Fsp3) is 0.0952. The molecule has 5 N–H and O–H groups in total. The Morgan fingerprint density at radius 1 is 1.17 bits per heavy atom. The van der Waals surface area contributed by atoms with Gasteiger partial charge in [0.2, 0.25) is 5.91 Å². The molecule has 4 rings (SSSR count). The van der Waals surface area contributed by atoms with E-state index >= 15 is 0 Å². The number of fused-ring (bicyclic) bond motifs is 1. The van der Waals surface area contributed by atoms with Gasteiger partial charge in [0.1, 0.15) is 0 Å². The normalized spacial score (nSPS) is 12.9. The Balaban J connectivity index is 1.68. The number of nitrogens with one attached hydrogen (secondary N) is 3. The number of carbonyl (C=O) groups excluding carboxylic acids is 2. The van der Waals surface area contributed by atoms with Crippen LogP contribution in [0.3, 0.4) is 0 Å². The third-order valence-electron chi connectivity index (χ3n) is 4.61. The standard InChI is InChI=1S/C21H20N6O2/c1-2-19(28)25-14-4-3-5-15(11-14)27-12-17(20(22)26-27)13-6-7-16-18(10-13)23-8-9-24-21(16)29/h2-7,10-12,23H,1,8-9H2,(H2,22,26)(H,24,29)(H,25,28). The molecule has 0 radical (unpaired) electrons. The summed E-state index contributed by atoms with van der Waals surface area (Å²) >= 11 is 0.